The summed E-state index contributed by atoms with van der Waals surface area (Å²) < 4.78 is 12.1. The fourth-order valence-corrected chi connectivity index (χ4v) is 4.89. The van der Waals surface area contributed by atoms with Crippen molar-refractivity contribution >= 4 is 56.6 Å². The zero-order valence-electron chi connectivity index (χ0n) is 15.3. The molecule has 1 aliphatic rings. The second-order valence-corrected chi connectivity index (χ2v) is 8.44. The van der Waals surface area contributed by atoms with Crippen molar-refractivity contribution in [3.05, 3.63) is 26.0 Å². The van der Waals surface area contributed by atoms with Crippen LogP contribution >= 0.6 is 34.5 Å². The molecule has 0 saturated carbocycles. The Balaban J connectivity index is 1.80. The first-order valence-corrected chi connectivity index (χ1v) is 10.2. The summed E-state index contributed by atoms with van der Waals surface area (Å²) in [5.74, 6) is -0.222. The number of carbonyl (C=O) groups is 2. The van der Waals surface area contributed by atoms with Gasteiger partial charge in [0.1, 0.15) is 14.6 Å². The first-order valence-electron chi connectivity index (χ1n) is 8.59. The van der Waals surface area contributed by atoms with E-state index in [1.54, 1.807) is 7.11 Å². The number of hydrogen-bond donors (Lipinski definition) is 0. The number of likely N-dealkylation sites (tertiary alicyclic amines) is 1. The zero-order valence-corrected chi connectivity index (χ0v) is 17.6. The molecular formula is C17H19Cl2N3O5S. The number of ether oxygens (including phenoxy) is 2. The lowest BCUT2D eigenvalue weighted by atomic mass is 9.94. The molecule has 0 N–H and O–H groups in total. The van der Waals surface area contributed by atoms with E-state index in [0.717, 1.165) is 24.2 Å². The maximum atomic E-state index is 12.7. The Morgan fingerprint density at radius 3 is 2.79 bits per heavy atom. The van der Waals surface area contributed by atoms with Gasteiger partial charge >= 0.3 is 6.09 Å². The van der Waals surface area contributed by atoms with Gasteiger partial charge in [-0.15, -0.1) is 11.3 Å². The lowest BCUT2D eigenvalue weighted by Gasteiger charge is -2.39. The minimum Gasteiger partial charge on any atom is -0.453 e. The van der Waals surface area contributed by atoms with Gasteiger partial charge in [-0.1, -0.05) is 23.2 Å². The number of fused-ring (bicyclic) bond motifs is 1. The van der Waals surface area contributed by atoms with E-state index in [0.29, 0.717) is 16.8 Å². The SMILES string of the molecule is COC(=O)N1CCCC(OC)C1CC(=O)Cn1cnc2c(Cl)c(Cl)sc2c1=O. The summed E-state index contributed by atoms with van der Waals surface area (Å²) in [6.45, 7) is 0.320. The Morgan fingerprint density at radius 1 is 1.36 bits per heavy atom. The summed E-state index contributed by atoms with van der Waals surface area (Å²) in [4.78, 5) is 43.0. The quantitative estimate of drug-likeness (QED) is 0.699. The largest absolute Gasteiger partial charge is 0.453 e. The number of thiophene rings is 1. The monoisotopic (exact) mass is 447 g/mol. The van der Waals surface area contributed by atoms with E-state index in [1.807, 2.05) is 0 Å². The van der Waals surface area contributed by atoms with Crippen LogP contribution in [-0.4, -0.2) is 59.2 Å². The third kappa shape index (κ3) is 4.03. The lowest BCUT2D eigenvalue weighted by Crippen LogP contribution is -2.52. The summed E-state index contributed by atoms with van der Waals surface area (Å²) in [5, 5.41) is 0.233. The summed E-state index contributed by atoms with van der Waals surface area (Å²) in [6.07, 6.45) is 2.06. The molecule has 8 nitrogen and oxygen atoms in total. The topological polar surface area (TPSA) is 90.7 Å². The molecule has 11 heteroatoms. The van der Waals surface area contributed by atoms with Crippen LogP contribution in [0.25, 0.3) is 10.2 Å². The molecule has 3 rings (SSSR count). The molecule has 1 fully saturated rings. The fraction of sp³-hybridized carbons (Fsp3) is 0.529. The number of hydrogen-bond acceptors (Lipinski definition) is 7. The molecule has 28 heavy (non-hydrogen) atoms. The highest BCUT2D eigenvalue weighted by Gasteiger charge is 2.36. The van der Waals surface area contributed by atoms with Gasteiger partial charge in [-0.2, -0.15) is 0 Å². The van der Waals surface area contributed by atoms with Crippen molar-refractivity contribution in [2.75, 3.05) is 20.8 Å². The lowest BCUT2D eigenvalue weighted by molar-refractivity contribution is -0.122. The molecule has 3 heterocycles. The van der Waals surface area contributed by atoms with Crippen LogP contribution in [-0.2, 0) is 20.8 Å². The average molecular weight is 448 g/mol. The fourth-order valence-electron chi connectivity index (χ4n) is 3.43. The number of aromatic nitrogens is 2. The molecule has 0 bridgehead atoms. The summed E-state index contributed by atoms with van der Waals surface area (Å²) in [5.41, 5.74) is -0.0529. The number of nitrogens with zero attached hydrogens (tertiary/aromatic N) is 3. The van der Waals surface area contributed by atoms with Gasteiger partial charge < -0.3 is 14.4 Å². The molecule has 1 saturated heterocycles. The highest BCUT2D eigenvalue weighted by molar-refractivity contribution is 7.23. The van der Waals surface area contributed by atoms with Gasteiger partial charge in [0.25, 0.3) is 5.56 Å². The highest BCUT2D eigenvalue weighted by Crippen LogP contribution is 2.35. The van der Waals surface area contributed by atoms with Crippen molar-refractivity contribution in [3.8, 4) is 0 Å². The van der Waals surface area contributed by atoms with Crippen molar-refractivity contribution in [1.82, 2.24) is 14.5 Å². The van der Waals surface area contributed by atoms with Crippen LogP contribution in [0.1, 0.15) is 19.3 Å². The molecule has 0 aromatic carbocycles. The maximum absolute atomic E-state index is 12.7. The second kappa shape index (κ2) is 8.77. The van der Waals surface area contributed by atoms with Crippen LogP contribution in [0.5, 0.6) is 0 Å². The van der Waals surface area contributed by atoms with Gasteiger partial charge in [-0.05, 0) is 12.8 Å². The Kier molecular flexibility index (Phi) is 6.59. The highest BCUT2D eigenvalue weighted by atomic mass is 35.5. The minimum absolute atomic E-state index is 0.0457. The Morgan fingerprint density at radius 2 is 2.11 bits per heavy atom. The molecule has 0 spiro atoms. The van der Waals surface area contributed by atoms with E-state index < -0.39 is 12.1 Å². The van der Waals surface area contributed by atoms with Crippen LogP contribution in [0.2, 0.25) is 9.36 Å². The summed E-state index contributed by atoms with van der Waals surface area (Å²) in [6, 6.07) is -0.447. The maximum Gasteiger partial charge on any atom is 0.409 e. The number of piperidine rings is 1. The number of carbonyl (C=O) groups excluding carboxylic acids is 2. The molecule has 2 aromatic rings. The van der Waals surface area contributed by atoms with E-state index >= 15 is 0 Å². The van der Waals surface area contributed by atoms with Crippen molar-refractivity contribution < 1.29 is 19.1 Å². The number of ketones is 1. The predicted octanol–water partition coefficient (Wildman–Crippen LogP) is 2.97. The smallest absolute Gasteiger partial charge is 0.409 e. The Labute approximate surface area is 174 Å². The van der Waals surface area contributed by atoms with Crippen LogP contribution in [0, 0.1) is 0 Å². The van der Waals surface area contributed by atoms with E-state index in [2.05, 4.69) is 4.98 Å². The number of rotatable bonds is 5. The van der Waals surface area contributed by atoms with Gasteiger partial charge in [0, 0.05) is 20.1 Å². The van der Waals surface area contributed by atoms with Crippen LogP contribution < -0.4 is 5.56 Å². The molecule has 152 valence electrons. The molecule has 1 amide bonds. The van der Waals surface area contributed by atoms with E-state index in [1.165, 1.54) is 22.9 Å². The van der Waals surface area contributed by atoms with Gasteiger partial charge in [-0.25, -0.2) is 9.78 Å². The van der Waals surface area contributed by atoms with Gasteiger partial charge in [0.15, 0.2) is 5.78 Å². The van der Waals surface area contributed by atoms with Crippen LogP contribution in [0.4, 0.5) is 4.79 Å². The average Bonchev–Trinajstić information content (AvgIpc) is 2.98. The Hall–Kier alpha value is -1.68. The third-order valence-corrected chi connectivity index (χ3v) is 6.73. The van der Waals surface area contributed by atoms with E-state index in [4.69, 9.17) is 32.7 Å². The first-order chi connectivity index (χ1) is 13.4. The number of methoxy groups -OCH3 is 2. The third-order valence-electron chi connectivity index (χ3n) is 4.78. The standard InChI is InChI=1S/C17H19Cl2N3O5S/c1-26-11-4-3-5-22(17(25)27-2)10(11)6-9(23)7-21-8-20-13-12(18)15(19)28-14(13)16(21)24/h8,10-11H,3-7H2,1-2H3. The van der Waals surface area contributed by atoms with Gasteiger partial charge in [0.05, 0.1) is 37.2 Å². The summed E-state index contributed by atoms with van der Waals surface area (Å²) in [7, 11) is 2.85. The normalized spacial score (nSPS) is 19.8. The predicted molar refractivity (Wildman–Crippen MR) is 106 cm³/mol. The van der Waals surface area contributed by atoms with Crippen molar-refractivity contribution in [2.24, 2.45) is 0 Å². The van der Waals surface area contributed by atoms with Gasteiger partial charge in [-0.3, -0.25) is 14.2 Å². The molecule has 2 unspecified atom stereocenters. The molecule has 2 atom stereocenters. The molecular weight excluding hydrogens is 429 g/mol. The number of halogens is 2. The van der Waals surface area contributed by atoms with Crippen molar-refractivity contribution in [2.45, 2.75) is 38.0 Å². The second-order valence-electron chi connectivity index (χ2n) is 6.44. The number of Topliss-reactive ketones (excluding diaryl/α,β-unsaturated/α-hetero) is 1. The zero-order chi connectivity index (χ0) is 20.4. The molecule has 0 aliphatic carbocycles. The van der Waals surface area contributed by atoms with Crippen LogP contribution in [0.15, 0.2) is 11.1 Å². The first kappa shape index (κ1) is 21.0. The van der Waals surface area contributed by atoms with E-state index in [9.17, 15) is 14.4 Å². The van der Waals surface area contributed by atoms with Crippen molar-refractivity contribution in [1.29, 1.82) is 0 Å². The van der Waals surface area contributed by atoms with Crippen LogP contribution in [0.3, 0.4) is 0 Å². The number of amides is 1. The summed E-state index contributed by atoms with van der Waals surface area (Å²) >= 11 is 13.0. The Bertz CT molecular complexity index is 960. The molecule has 2 aromatic heterocycles. The molecule has 0 radical (unpaired) electrons. The van der Waals surface area contributed by atoms with E-state index in [-0.39, 0.29) is 39.8 Å². The molecule has 1 aliphatic heterocycles. The van der Waals surface area contributed by atoms with Crippen molar-refractivity contribution in [3.63, 3.8) is 0 Å². The van der Waals surface area contributed by atoms with Gasteiger partial charge in [0.2, 0.25) is 0 Å². The minimum atomic E-state index is -0.498.